The van der Waals surface area contributed by atoms with Crippen molar-refractivity contribution in [3.8, 4) is 0 Å². The van der Waals surface area contributed by atoms with Crippen molar-refractivity contribution < 1.29 is 14.7 Å². The van der Waals surface area contributed by atoms with Gasteiger partial charge in [0.15, 0.2) is 0 Å². The van der Waals surface area contributed by atoms with Crippen LogP contribution < -0.4 is 5.32 Å². The van der Waals surface area contributed by atoms with E-state index in [9.17, 15) is 9.59 Å². The molecule has 1 aromatic rings. The summed E-state index contributed by atoms with van der Waals surface area (Å²) in [6.45, 7) is 5.22. The van der Waals surface area contributed by atoms with Crippen molar-refractivity contribution in [3.63, 3.8) is 0 Å². The summed E-state index contributed by atoms with van der Waals surface area (Å²) in [5.41, 5.74) is -0.145. The fourth-order valence-electron chi connectivity index (χ4n) is 1.84. The molecule has 0 radical (unpaired) electrons. The molecule has 2 unspecified atom stereocenters. The molecule has 0 aliphatic rings. The number of benzene rings is 1. The Morgan fingerprint density at radius 3 is 2.35 bits per heavy atom. The summed E-state index contributed by atoms with van der Waals surface area (Å²) in [5, 5.41) is 11.7. The number of aliphatic carboxylic acids is 1. The number of hydrogen-bond acceptors (Lipinski definition) is 2. The first-order valence-electron chi connectivity index (χ1n) is 6.58. The minimum Gasteiger partial charge on any atom is -0.480 e. The molecule has 1 aromatic carbocycles. The van der Waals surface area contributed by atoms with Crippen molar-refractivity contribution in [3.05, 3.63) is 34.3 Å². The lowest BCUT2D eigenvalue weighted by Gasteiger charge is -2.25. The minimum absolute atomic E-state index is 0.0398. The van der Waals surface area contributed by atoms with Gasteiger partial charge in [-0.25, -0.2) is 4.79 Å². The zero-order valence-electron chi connectivity index (χ0n) is 11.9. The largest absolute Gasteiger partial charge is 0.480 e. The van der Waals surface area contributed by atoms with Crippen LogP contribution in [0.1, 0.15) is 45.1 Å². The van der Waals surface area contributed by atoms with Gasteiger partial charge in [0.2, 0.25) is 5.91 Å². The van der Waals surface area contributed by atoms with Crippen LogP contribution in [-0.2, 0) is 9.59 Å². The van der Waals surface area contributed by atoms with Gasteiger partial charge in [-0.05, 0) is 37.0 Å². The Bertz CT molecular complexity index is 486. The van der Waals surface area contributed by atoms with E-state index in [1.165, 1.54) is 6.92 Å². The minimum atomic E-state index is -1.20. The Hall–Kier alpha value is -1.36. The van der Waals surface area contributed by atoms with E-state index in [4.69, 9.17) is 5.11 Å². The molecule has 5 heteroatoms. The summed E-state index contributed by atoms with van der Waals surface area (Å²) in [7, 11) is 0. The molecule has 1 amide bonds. The predicted octanol–water partition coefficient (Wildman–Crippen LogP) is 3.31. The third kappa shape index (κ3) is 4.34. The molecule has 0 heterocycles. The van der Waals surface area contributed by atoms with Gasteiger partial charge in [0.05, 0.1) is 0 Å². The lowest BCUT2D eigenvalue weighted by molar-refractivity contribution is -0.147. The number of carbonyl (C=O) groups excluding carboxylic acids is 1. The monoisotopic (exact) mass is 341 g/mol. The molecule has 0 aliphatic carbocycles. The van der Waals surface area contributed by atoms with Gasteiger partial charge < -0.3 is 10.4 Å². The molecule has 0 saturated carbocycles. The second-order valence-electron chi connectivity index (χ2n) is 5.20. The van der Waals surface area contributed by atoms with E-state index in [1.807, 2.05) is 31.2 Å². The van der Waals surface area contributed by atoms with Crippen LogP contribution in [0.5, 0.6) is 0 Å². The number of halogens is 1. The topological polar surface area (TPSA) is 66.4 Å². The molecule has 0 aliphatic heterocycles. The maximum atomic E-state index is 12.0. The Balaban J connectivity index is 2.66. The fourth-order valence-corrected chi connectivity index (χ4v) is 2.10. The lowest BCUT2D eigenvalue weighted by Crippen LogP contribution is -2.51. The molecule has 0 saturated heterocycles. The highest BCUT2D eigenvalue weighted by atomic mass is 79.9. The van der Waals surface area contributed by atoms with E-state index >= 15 is 0 Å². The summed E-state index contributed by atoms with van der Waals surface area (Å²) in [4.78, 5) is 23.2. The Kier molecular flexibility index (Phi) is 5.74. The predicted molar refractivity (Wildman–Crippen MR) is 81.6 cm³/mol. The molecule has 0 bridgehead atoms. The lowest BCUT2D eigenvalue weighted by atomic mass is 9.95. The second kappa shape index (κ2) is 6.88. The molecule has 110 valence electrons. The van der Waals surface area contributed by atoms with E-state index in [2.05, 4.69) is 21.2 Å². The standard InChI is InChI=1S/C15H20BrNO3/c1-4-15(3,14(19)20)17-13(18)9-10(2)11-5-7-12(16)8-6-11/h5-8,10H,4,9H2,1-3H3,(H,17,18)(H,19,20). The highest BCUT2D eigenvalue weighted by Crippen LogP contribution is 2.22. The molecule has 20 heavy (non-hydrogen) atoms. The molecule has 0 spiro atoms. The zero-order valence-corrected chi connectivity index (χ0v) is 13.5. The summed E-state index contributed by atoms with van der Waals surface area (Å²) in [5.74, 6) is -1.21. The number of carbonyl (C=O) groups is 2. The zero-order chi connectivity index (χ0) is 15.3. The second-order valence-corrected chi connectivity index (χ2v) is 6.11. The summed E-state index contributed by atoms with van der Waals surface area (Å²) >= 11 is 3.37. The smallest absolute Gasteiger partial charge is 0.329 e. The van der Waals surface area contributed by atoms with Gasteiger partial charge in [0.1, 0.15) is 5.54 Å². The van der Waals surface area contributed by atoms with Crippen LogP contribution in [0.3, 0.4) is 0 Å². The Morgan fingerprint density at radius 1 is 1.35 bits per heavy atom. The van der Waals surface area contributed by atoms with Crippen molar-refractivity contribution >= 4 is 27.8 Å². The average molecular weight is 342 g/mol. The SMILES string of the molecule is CCC(C)(NC(=O)CC(C)c1ccc(Br)cc1)C(=O)O. The summed E-state index contributed by atoms with van der Waals surface area (Å²) in [6, 6.07) is 7.77. The fraction of sp³-hybridized carbons (Fsp3) is 0.467. The van der Waals surface area contributed by atoms with Gasteiger partial charge in [0.25, 0.3) is 0 Å². The molecule has 1 rings (SSSR count). The number of nitrogens with one attached hydrogen (secondary N) is 1. The molecular formula is C15H20BrNO3. The van der Waals surface area contributed by atoms with Crippen LogP contribution in [0.15, 0.2) is 28.7 Å². The van der Waals surface area contributed by atoms with E-state index < -0.39 is 11.5 Å². The van der Waals surface area contributed by atoms with Gasteiger partial charge in [-0.2, -0.15) is 0 Å². The first kappa shape index (κ1) is 16.7. The van der Waals surface area contributed by atoms with Gasteiger partial charge in [-0.1, -0.05) is 41.9 Å². The number of hydrogen-bond donors (Lipinski definition) is 2. The molecule has 2 atom stereocenters. The Morgan fingerprint density at radius 2 is 1.90 bits per heavy atom. The van der Waals surface area contributed by atoms with E-state index in [-0.39, 0.29) is 18.2 Å². The van der Waals surface area contributed by atoms with E-state index in [0.29, 0.717) is 6.42 Å². The van der Waals surface area contributed by atoms with Crippen LogP contribution in [0, 0.1) is 0 Å². The van der Waals surface area contributed by atoms with Crippen molar-refractivity contribution in [2.24, 2.45) is 0 Å². The van der Waals surface area contributed by atoms with Crippen LogP contribution in [-0.4, -0.2) is 22.5 Å². The molecule has 0 aromatic heterocycles. The maximum Gasteiger partial charge on any atom is 0.329 e. The van der Waals surface area contributed by atoms with Crippen LogP contribution in [0.25, 0.3) is 0 Å². The quantitative estimate of drug-likeness (QED) is 0.834. The number of amides is 1. The summed E-state index contributed by atoms with van der Waals surface area (Å²) < 4.78 is 0.988. The Labute approximate surface area is 127 Å². The first-order chi connectivity index (χ1) is 9.28. The third-order valence-corrected chi connectivity index (χ3v) is 4.05. The van der Waals surface area contributed by atoms with Crippen molar-refractivity contribution in [1.82, 2.24) is 5.32 Å². The highest BCUT2D eigenvalue weighted by Gasteiger charge is 2.32. The van der Waals surface area contributed by atoms with Crippen molar-refractivity contribution in [2.75, 3.05) is 0 Å². The summed E-state index contributed by atoms with van der Waals surface area (Å²) in [6.07, 6.45) is 0.616. The first-order valence-corrected chi connectivity index (χ1v) is 7.37. The van der Waals surface area contributed by atoms with Crippen LogP contribution >= 0.6 is 15.9 Å². The van der Waals surface area contributed by atoms with Gasteiger partial charge in [0, 0.05) is 10.9 Å². The average Bonchev–Trinajstić information content (AvgIpc) is 2.38. The molecular weight excluding hydrogens is 322 g/mol. The van der Waals surface area contributed by atoms with Gasteiger partial charge in [-0.3, -0.25) is 4.79 Å². The molecule has 4 nitrogen and oxygen atoms in total. The van der Waals surface area contributed by atoms with Gasteiger partial charge >= 0.3 is 5.97 Å². The van der Waals surface area contributed by atoms with Crippen molar-refractivity contribution in [2.45, 2.75) is 45.1 Å². The number of carboxylic acid groups (broad SMARTS) is 1. The molecule has 2 N–H and O–H groups in total. The van der Waals surface area contributed by atoms with Crippen LogP contribution in [0.2, 0.25) is 0 Å². The number of carboxylic acids is 1. The highest BCUT2D eigenvalue weighted by molar-refractivity contribution is 9.10. The van der Waals surface area contributed by atoms with Gasteiger partial charge in [-0.15, -0.1) is 0 Å². The third-order valence-electron chi connectivity index (χ3n) is 3.53. The van der Waals surface area contributed by atoms with Crippen LogP contribution in [0.4, 0.5) is 0 Å². The molecule has 0 fully saturated rings. The number of rotatable bonds is 6. The normalized spacial score (nSPS) is 15.2. The van der Waals surface area contributed by atoms with E-state index in [0.717, 1.165) is 10.0 Å². The maximum absolute atomic E-state index is 12.0. The van der Waals surface area contributed by atoms with E-state index in [1.54, 1.807) is 6.92 Å². The van der Waals surface area contributed by atoms with Crippen molar-refractivity contribution in [1.29, 1.82) is 0 Å².